The third kappa shape index (κ3) is 4.48. The summed E-state index contributed by atoms with van der Waals surface area (Å²) in [5, 5.41) is 0.546. The van der Waals surface area contributed by atoms with Crippen molar-refractivity contribution in [3.05, 3.63) is 65.7 Å². The van der Waals surface area contributed by atoms with Gasteiger partial charge in [0.1, 0.15) is 5.75 Å². The molecule has 0 aromatic heterocycles. The number of hydrogen-bond acceptors (Lipinski definition) is 5. The van der Waals surface area contributed by atoms with Gasteiger partial charge in [-0.3, -0.25) is 4.79 Å². The van der Waals surface area contributed by atoms with Gasteiger partial charge in [0.15, 0.2) is 15.0 Å². The van der Waals surface area contributed by atoms with Gasteiger partial charge in [0.25, 0.3) is 5.91 Å². The molecule has 2 aromatic rings. The number of nitrogens with zero attached hydrogens (tertiary/aromatic N) is 2. The van der Waals surface area contributed by atoms with E-state index in [-0.39, 0.29) is 28.7 Å². The second-order valence-electron chi connectivity index (χ2n) is 7.16. The number of aliphatic imine (C=N–C) groups is 1. The number of methoxy groups -OCH3 is 1. The van der Waals surface area contributed by atoms with E-state index in [4.69, 9.17) is 4.74 Å². The van der Waals surface area contributed by atoms with E-state index >= 15 is 0 Å². The standard InChI is InChI=1S/C21H22N2O4S2/c1-27-17-9-7-16(8-10-17)20(24)22-21-23(12-11-15-5-3-2-4-6-15)18-13-29(25,26)14-19(18)28-21/h2-10,18-19H,11-14H2,1H3/t18-,19+/m0/s1. The summed E-state index contributed by atoms with van der Waals surface area (Å²) >= 11 is 1.41. The zero-order chi connectivity index (χ0) is 20.4. The molecule has 2 saturated heterocycles. The topological polar surface area (TPSA) is 76.0 Å². The fourth-order valence-electron chi connectivity index (χ4n) is 3.68. The monoisotopic (exact) mass is 430 g/mol. The summed E-state index contributed by atoms with van der Waals surface area (Å²) in [6.07, 6.45) is 0.764. The number of fused-ring (bicyclic) bond motifs is 1. The number of carbonyl (C=O) groups excluding carboxylic acids is 1. The lowest BCUT2D eigenvalue weighted by atomic mass is 10.1. The zero-order valence-electron chi connectivity index (χ0n) is 16.0. The van der Waals surface area contributed by atoms with Crippen LogP contribution >= 0.6 is 11.8 Å². The van der Waals surface area contributed by atoms with Crippen LogP contribution in [-0.4, -0.2) is 60.8 Å². The Morgan fingerprint density at radius 2 is 1.86 bits per heavy atom. The molecule has 2 heterocycles. The maximum absolute atomic E-state index is 12.7. The molecular weight excluding hydrogens is 408 g/mol. The molecule has 2 aromatic carbocycles. The first-order valence-corrected chi connectivity index (χ1v) is 12.1. The normalized spacial score (nSPS) is 23.9. The predicted octanol–water partition coefficient (Wildman–Crippen LogP) is 2.65. The number of sulfone groups is 1. The summed E-state index contributed by atoms with van der Waals surface area (Å²) < 4.78 is 29.4. The number of benzene rings is 2. The SMILES string of the molecule is COc1ccc(C(=O)N=C2S[C@@H]3CS(=O)(=O)C[C@@H]3N2CCc2ccccc2)cc1. The number of amidine groups is 1. The van der Waals surface area contributed by atoms with Crippen LogP contribution in [-0.2, 0) is 16.3 Å². The average molecular weight is 431 g/mol. The number of rotatable bonds is 5. The van der Waals surface area contributed by atoms with Crippen molar-refractivity contribution in [2.75, 3.05) is 25.2 Å². The first-order chi connectivity index (χ1) is 13.9. The summed E-state index contributed by atoms with van der Waals surface area (Å²) in [7, 11) is -1.48. The van der Waals surface area contributed by atoms with Crippen molar-refractivity contribution in [3.8, 4) is 5.75 Å². The summed E-state index contributed by atoms with van der Waals surface area (Å²) in [6, 6.07) is 16.7. The molecular formula is C21H22N2O4S2. The Hall–Kier alpha value is -2.32. The predicted molar refractivity (Wildman–Crippen MR) is 115 cm³/mol. The van der Waals surface area contributed by atoms with Gasteiger partial charge in [0.2, 0.25) is 0 Å². The Balaban J connectivity index is 1.56. The Labute approximate surface area is 174 Å². The van der Waals surface area contributed by atoms with E-state index in [0.29, 0.717) is 23.0 Å². The number of ether oxygens (including phenoxy) is 1. The van der Waals surface area contributed by atoms with Crippen LogP contribution in [0, 0.1) is 0 Å². The van der Waals surface area contributed by atoms with Gasteiger partial charge in [-0.2, -0.15) is 4.99 Å². The molecule has 2 fully saturated rings. The van der Waals surface area contributed by atoms with E-state index in [1.165, 1.54) is 17.3 Å². The molecule has 8 heteroatoms. The van der Waals surface area contributed by atoms with Crippen molar-refractivity contribution in [2.24, 2.45) is 4.99 Å². The Kier molecular flexibility index (Phi) is 5.65. The molecule has 0 aliphatic carbocycles. The van der Waals surface area contributed by atoms with E-state index in [1.807, 2.05) is 35.2 Å². The highest BCUT2D eigenvalue weighted by molar-refractivity contribution is 8.15. The molecule has 0 N–H and O–H groups in total. The molecule has 29 heavy (non-hydrogen) atoms. The van der Waals surface area contributed by atoms with Crippen LogP contribution in [0.1, 0.15) is 15.9 Å². The van der Waals surface area contributed by atoms with Crippen molar-refractivity contribution in [1.29, 1.82) is 0 Å². The van der Waals surface area contributed by atoms with Crippen LogP contribution in [0.3, 0.4) is 0 Å². The minimum Gasteiger partial charge on any atom is -0.497 e. The van der Waals surface area contributed by atoms with Crippen LogP contribution in [0.4, 0.5) is 0 Å². The van der Waals surface area contributed by atoms with E-state index in [9.17, 15) is 13.2 Å². The average Bonchev–Trinajstić information content (AvgIpc) is 3.18. The lowest BCUT2D eigenvalue weighted by molar-refractivity contribution is 0.100. The first kappa shape index (κ1) is 20.0. The van der Waals surface area contributed by atoms with Gasteiger partial charge in [-0.15, -0.1) is 0 Å². The smallest absolute Gasteiger partial charge is 0.279 e. The lowest BCUT2D eigenvalue weighted by Crippen LogP contribution is -2.39. The first-order valence-electron chi connectivity index (χ1n) is 9.40. The molecule has 4 rings (SSSR count). The number of carbonyl (C=O) groups is 1. The van der Waals surface area contributed by atoms with Crippen molar-refractivity contribution in [3.63, 3.8) is 0 Å². The molecule has 0 saturated carbocycles. The van der Waals surface area contributed by atoms with Gasteiger partial charge in [-0.1, -0.05) is 42.1 Å². The molecule has 0 spiro atoms. The Morgan fingerprint density at radius 1 is 1.14 bits per heavy atom. The molecule has 1 amide bonds. The van der Waals surface area contributed by atoms with Gasteiger partial charge in [-0.25, -0.2) is 8.42 Å². The van der Waals surface area contributed by atoms with Crippen LogP contribution in [0.2, 0.25) is 0 Å². The van der Waals surface area contributed by atoms with Crippen LogP contribution in [0.15, 0.2) is 59.6 Å². The number of amides is 1. The van der Waals surface area contributed by atoms with Gasteiger partial charge in [0.05, 0.1) is 24.7 Å². The van der Waals surface area contributed by atoms with Crippen LogP contribution in [0.5, 0.6) is 5.75 Å². The summed E-state index contributed by atoms with van der Waals surface area (Å²) in [4.78, 5) is 19.0. The quantitative estimate of drug-likeness (QED) is 0.726. The molecule has 0 radical (unpaired) electrons. The highest BCUT2D eigenvalue weighted by atomic mass is 32.2. The summed E-state index contributed by atoms with van der Waals surface area (Å²) in [5.74, 6) is 0.603. The Bertz CT molecular complexity index is 1020. The molecule has 2 aliphatic rings. The molecule has 0 unspecified atom stereocenters. The minimum absolute atomic E-state index is 0.0711. The zero-order valence-corrected chi connectivity index (χ0v) is 17.7. The summed E-state index contributed by atoms with van der Waals surface area (Å²) in [5.41, 5.74) is 1.65. The largest absolute Gasteiger partial charge is 0.497 e. The van der Waals surface area contributed by atoms with Crippen molar-refractivity contribution < 1.29 is 17.9 Å². The summed E-state index contributed by atoms with van der Waals surface area (Å²) in [6.45, 7) is 0.627. The number of thioether (sulfide) groups is 1. The van der Waals surface area contributed by atoms with Crippen molar-refractivity contribution in [1.82, 2.24) is 4.90 Å². The van der Waals surface area contributed by atoms with E-state index in [0.717, 1.165) is 6.42 Å². The van der Waals surface area contributed by atoms with Gasteiger partial charge in [0, 0.05) is 17.4 Å². The molecule has 2 aliphatic heterocycles. The highest BCUT2D eigenvalue weighted by Gasteiger charge is 2.48. The van der Waals surface area contributed by atoms with Gasteiger partial charge in [-0.05, 0) is 36.2 Å². The van der Waals surface area contributed by atoms with E-state index in [2.05, 4.69) is 4.99 Å². The fourth-order valence-corrected chi connectivity index (χ4v) is 7.65. The number of hydrogen-bond donors (Lipinski definition) is 0. The lowest BCUT2D eigenvalue weighted by Gasteiger charge is -2.24. The van der Waals surface area contributed by atoms with Crippen LogP contribution < -0.4 is 4.74 Å². The van der Waals surface area contributed by atoms with E-state index in [1.54, 1.807) is 31.4 Å². The second-order valence-corrected chi connectivity index (χ2v) is 10.5. The third-order valence-electron chi connectivity index (χ3n) is 5.19. The molecule has 6 nitrogen and oxygen atoms in total. The minimum atomic E-state index is -3.05. The molecule has 152 valence electrons. The van der Waals surface area contributed by atoms with Crippen molar-refractivity contribution in [2.45, 2.75) is 17.7 Å². The molecule has 2 atom stereocenters. The van der Waals surface area contributed by atoms with Gasteiger partial charge < -0.3 is 9.64 Å². The third-order valence-corrected chi connectivity index (χ3v) is 8.44. The van der Waals surface area contributed by atoms with Crippen molar-refractivity contribution >= 4 is 32.7 Å². The fraction of sp³-hybridized carbons (Fsp3) is 0.333. The van der Waals surface area contributed by atoms with Crippen LogP contribution in [0.25, 0.3) is 0 Å². The maximum atomic E-state index is 12.7. The Morgan fingerprint density at radius 3 is 2.55 bits per heavy atom. The van der Waals surface area contributed by atoms with E-state index < -0.39 is 9.84 Å². The van der Waals surface area contributed by atoms with Gasteiger partial charge >= 0.3 is 0 Å². The second kappa shape index (κ2) is 8.20. The maximum Gasteiger partial charge on any atom is 0.279 e. The highest BCUT2D eigenvalue weighted by Crippen LogP contribution is 2.38. The molecule has 0 bridgehead atoms.